The van der Waals surface area contributed by atoms with Crippen LogP contribution < -0.4 is 9.04 Å². The summed E-state index contributed by atoms with van der Waals surface area (Å²) in [7, 11) is -0.343. The first-order valence-corrected chi connectivity index (χ1v) is 11.2. The molecule has 3 aromatic rings. The van der Waals surface area contributed by atoms with E-state index < -0.39 is 10.0 Å². The van der Waals surface area contributed by atoms with Crippen LogP contribution >= 0.6 is 11.3 Å². The number of likely N-dealkylation sites (N-methyl/N-ethyl adjacent to an activating group) is 1. The van der Waals surface area contributed by atoms with E-state index in [1.165, 1.54) is 22.7 Å². The second kappa shape index (κ2) is 9.11. The Morgan fingerprint density at radius 2 is 1.66 bits per heavy atom. The molecule has 1 amide bonds. The number of carbonyl (C=O) groups is 1. The Kier molecular flexibility index (Phi) is 6.56. The third kappa shape index (κ3) is 5.16. The van der Waals surface area contributed by atoms with Crippen molar-refractivity contribution in [2.75, 3.05) is 25.0 Å². The topological polar surface area (TPSA) is 66.9 Å². The van der Waals surface area contributed by atoms with Crippen molar-refractivity contribution in [3.63, 3.8) is 0 Å². The maximum absolute atomic E-state index is 12.6. The predicted octanol–water partition coefficient (Wildman–Crippen LogP) is 3.61. The van der Waals surface area contributed by atoms with Crippen LogP contribution in [-0.2, 0) is 21.4 Å². The maximum Gasteiger partial charge on any atom is 0.273 e. The standard InChI is InChI=1S/C21H22N2O4S2/c1-22(15-17-7-4-3-5-8-17)20(24)16-27-19-12-10-18(11-13-19)23(2)29(25,26)21-9-6-14-28-21/h3-14H,15-16H2,1-2H3. The van der Waals surface area contributed by atoms with E-state index in [-0.39, 0.29) is 16.7 Å². The Bertz CT molecular complexity index is 1030. The summed E-state index contributed by atoms with van der Waals surface area (Å²) in [6.07, 6.45) is 0. The molecule has 0 fully saturated rings. The summed E-state index contributed by atoms with van der Waals surface area (Å²) in [5, 5.41) is 1.73. The second-order valence-corrected chi connectivity index (χ2v) is 9.57. The van der Waals surface area contributed by atoms with Crippen LogP contribution in [0.3, 0.4) is 0 Å². The average Bonchev–Trinajstić information content (AvgIpc) is 3.28. The van der Waals surface area contributed by atoms with Crippen LogP contribution in [-0.4, -0.2) is 39.9 Å². The van der Waals surface area contributed by atoms with E-state index in [2.05, 4.69) is 0 Å². The maximum atomic E-state index is 12.6. The Balaban J connectivity index is 1.57. The summed E-state index contributed by atoms with van der Waals surface area (Å²) in [5.41, 5.74) is 1.56. The molecule has 0 bridgehead atoms. The van der Waals surface area contributed by atoms with Crippen molar-refractivity contribution < 1.29 is 17.9 Å². The lowest BCUT2D eigenvalue weighted by atomic mass is 10.2. The first-order valence-electron chi connectivity index (χ1n) is 8.91. The molecular weight excluding hydrogens is 408 g/mol. The number of hydrogen-bond acceptors (Lipinski definition) is 5. The molecule has 1 heterocycles. The molecule has 3 rings (SSSR count). The summed E-state index contributed by atoms with van der Waals surface area (Å²) < 4.78 is 32.2. The molecule has 6 nitrogen and oxygen atoms in total. The minimum atomic E-state index is -3.58. The molecule has 0 spiro atoms. The minimum absolute atomic E-state index is 0.0913. The van der Waals surface area contributed by atoms with Gasteiger partial charge >= 0.3 is 0 Å². The fourth-order valence-corrected chi connectivity index (χ4v) is 4.99. The fraction of sp³-hybridized carbons (Fsp3) is 0.190. The highest BCUT2D eigenvalue weighted by Gasteiger charge is 2.22. The van der Waals surface area contributed by atoms with Gasteiger partial charge in [-0.2, -0.15) is 0 Å². The van der Waals surface area contributed by atoms with Crippen LogP contribution in [0.5, 0.6) is 5.75 Å². The van der Waals surface area contributed by atoms with Crippen LogP contribution in [0.15, 0.2) is 76.3 Å². The fourth-order valence-electron chi connectivity index (χ4n) is 2.64. The van der Waals surface area contributed by atoms with Crippen molar-refractivity contribution in [1.82, 2.24) is 4.90 Å². The predicted molar refractivity (Wildman–Crippen MR) is 115 cm³/mol. The Hall–Kier alpha value is -2.84. The van der Waals surface area contributed by atoms with Gasteiger partial charge in [0.2, 0.25) is 0 Å². The van der Waals surface area contributed by atoms with E-state index in [1.54, 1.807) is 53.7 Å². The van der Waals surface area contributed by atoms with Gasteiger partial charge in [0, 0.05) is 20.6 Å². The molecule has 0 unspecified atom stereocenters. The lowest BCUT2D eigenvalue weighted by Crippen LogP contribution is -2.30. The van der Waals surface area contributed by atoms with Gasteiger partial charge in [-0.1, -0.05) is 36.4 Å². The molecule has 0 aliphatic carbocycles. The largest absolute Gasteiger partial charge is 0.484 e. The van der Waals surface area contributed by atoms with E-state index >= 15 is 0 Å². The lowest BCUT2D eigenvalue weighted by Gasteiger charge is -2.19. The summed E-state index contributed by atoms with van der Waals surface area (Å²) in [6, 6.07) is 19.6. The zero-order valence-corrected chi connectivity index (χ0v) is 17.8. The van der Waals surface area contributed by atoms with Gasteiger partial charge in [0.05, 0.1) is 5.69 Å². The van der Waals surface area contributed by atoms with Crippen LogP contribution in [0.2, 0.25) is 0 Å². The summed E-state index contributed by atoms with van der Waals surface area (Å²) >= 11 is 1.17. The van der Waals surface area contributed by atoms with Gasteiger partial charge in [-0.25, -0.2) is 8.42 Å². The SMILES string of the molecule is CN(Cc1ccccc1)C(=O)COc1ccc(N(C)S(=O)(=O)c2cccs2)cc1. The number of anilines is 1. The monoisotopic (exact) mass is 430 g/mol. The number of amides is 1. The van der Waals surface area contributed by atoms with Gasteiger partial charge in [0.15, 0.2) is 6.61 Å². The zero-order chi connectivity index (χ0) is 20.9. The summed E-state index contributed by atoms with van der Waals surface area (Å²) in [4.78, 5) is 13.9. The Morgan fingerprint density at radius 1 is 0.966 bits per heavy atom. The summed E-state index contributed by atoms with van der Waals surface area (Å²) in [6.45, 7) is 0.416. The molecule has 0 saturated heterocycles. The zero-order valence-electron chi connectivity index (χ0n) is 16.2. The van der Waals surface area contributed by atoms with E-state index in [4.69, 9.17) is 4.74 Å². The molecule has 152 valence electrons. The van der Waals surface area contributed by atoms with Crippen molar-refractivity contribution in [3.8, 4) is 5.75 Å². The van der Waals surface area contributed by atoms with Crippen molar-refractivity contribution in [2.24, 2.45) is 0 Å². The highest BCUT2D eigenvalue weighted by Crippen LogP contribution is 2.26. The molecule has 0 radical (unpaired) electrons. The van der Waals surface area contributed by atoms with E-state index in [9.17, 15) is 13.2 Å². The quantitative estimate of drug-likeness (QED) is 0.548. The number of sulfonamides is 1. The third-order valence-corrected chi connectivity index (χ3v) is 7.52. The molecule has 0 saturated carbocycles. The molecule has 0 N–H and O–H groups in total. The molecule has 0 aliphatic heterocycles. The molecule has 8 heteroatoms. The summed E-state index contributed by atoms with van der Waals surface area (Å²) in [5.74, 6) is 0.354. The lowest BCUT2D eigenvalue weighted by molar-refractivity contribution is -0.132. The van der Waals surface area contributed by atoms with Gasteiger partial charge in [-0.05, 0) is 41.3 Å². The van der Waals surface area contributed by atoms with Crippen molar-refractivity contribution in [1.29, 1.82) is 0 Å². The van der Waals surface area contributed by atoms with E-state index in [0.717, 1.165) is 5.56 Å². The van der Waals surface area contributed by atoms with Gasteiger partial charge in [-0.3, -0.25) is 9.10 Å². The van der Waals surface area contributed by atoms with Crippen LogP contribution in [0, 0.1) is 0 Å². The highest BCUT2D eigenvalue weighted by atomic mass is 32.2. The highest BCUT2D eigenvalue weighted by molar-refractivity contribution is 7.94. The second-order valence-electron chi connectivity index (χ2n) is 6.42. The average molecular weight is 431 g/mol. The first-order chi connectivity index (χ1) is 13.9. The molecule has 29 heavy (non-hydrogen) atoms. The van der Waals surface area contributed by atoms with E-state index in [0.29, 0.717) is 18.0 Å². The van der Waals surface area contributed by atoms with Crippen LogP contribution in [0.4, 0.5) is 5.69 Å². The number of rotatable bonds is 8. The Labute approximate surface area is 175 Å². The minimum Gasteiger partial charge on any atom is -0.484 e. The van der Waals surface area contributed by atoms with Crippen molar-refractivity contribution in [3.05, 3.63) is 77.7 Å². The third-order valence-electron chi connectivity index (χ3n) is 4.36. The first kappa shape index (κ1) is 20.9. The number of carbonyl (C=O) groups excluding carboxylic acids is 1. The number of benzene rings is 2. The van der Waals surface area contributed by atoms with Crippen molar-refractivity contribution in [2.45, 2.75) is 10.8 Å². The Morgan fingerprint density at radius 3 is 2.28 bits per heavy atom. The van der Waals surface area contributed by atoms with Gasteiger partial charge in [0.25, 0.3) is 15.9 Å². The number of thiophene rings is 1. The number of ether oxygens (including phenoxy) is 1. The molecule has 0 atom stereocenters. The number of nitrogens with zero attached hydrogens (tertiary/aromatic N) is 2. The molecule has 1 aromatic heterocycles. The van der Waals surface area contributed by atoms with Crippen molar-refractivity contribution >= 4 is 33.0 Å². The van der Waals surface area contributed by atoms with Gasteiger partial charge < -0.3 is 9.64 Å². The van der Waals surface area contributed by atoms with Gasteiger partial charge in [0.1, 0.15) is 9.96 Å². The molecule has 0 aliphatic rings. The number of hydrogen-bond donors (Lipinski definition) is 0. The van der Waals surface area contributed by atoms with Crippen LogP contribution in [0.1, 0.15) is 5.56 Å². The van der Waals surface area contributed by atoms with Crippen LogP contribution in [0.25, 0.3) is 0 Å². The normalized spacial score (nSPS) is 11.1. The molecular formula is C21H22N2O4S2. The smallest absolute Gasteiger partial charge is 0.273 e. The van der Waals surface area contributed by atoms with Gasteiger partial charge in [-0.15, -0.1) is 11.3 Å². The molecule has 2 aromatic carbocycles. The van der Waals surface area contributed by atoms with E-state index in [1.807, 2.05) is 30.3 Å².